The van der Waals surface area contributed by atoms with Gasteiger partial charge in [0.1, 0.15) is 0 Å². The van der Waals surface area contributed by atoms with E-state index >= 15 is 0 Å². The Kier molecular flexibility index (Phi) is 6.24. The first kappa shape index (κ1) is 17.3. The molecule has 2 rings (SSSR count). The number of thiocarbonyl (C=S) groups is 1. The van der Waals surface area contributed by atoms with Gasteiger partial charge in [-0.05, 0) is 65.3 Å². The quantitative estimate of drug-likeness (QED) is 0.633. The van der Waals surface area contributed by atoms with Gasteiger partial charge in [-0.2, -0.15) is 0 Å². The molecule has 0 spiro atoms. The monoisotopic (exact) mass is 396 g/mol. The van der Waals surface area contributed by atoms with Crippen molar-refractivity contribution in [2.75, 3.05) is 5.32 Å². The fraction of sp³-hybridized carbons (Fsp3) is 0.235. The standard InChI is InChI=1S/C17H18BrClN2S/c1-3-16(12-6-4-11(2)5-7-12)21-17(22)20-13-8-9-14(18)15(19)10-13/h4-10,16H,3H2,1-2H3,(H2,20,21,22). The number of hydrogen-bond donors (Lipinski definition) is 2. The smallest absolute Gasteiger partial charge is 0.171 e. The Morgan fingerprint density at radius 2 is 1.91 bits per heavy atom. The van der Waals surface area contributed by atoms with E-state index in [1.807, 2.05) is 18.2 Å². The first-order valence-electron chi connectivity index (χ1n) is 7.08. The molecule has 2 N–H and O–H groups in total. The third-order valence-electron chi connectivity index (χ3n) is 3.37. The Morgan fingerprint density at radius 1 is 1.23 bits per heavy atom. The summed E-state index contributed by atoms with van der Waals surface area (Å²) in [6.45, 7) is 4.22. The molecule has 0 saturated heterocycles. The molecule has 0 amide bonds. The molecule has 1 atom stereocenters. The van der Waals surface area contributed by atoms with Crippen molar-refractivity contribution < 1.29 is 0 Å². The van der Waals surface area contributed by atoms with E-state index in [2.05, 4.69) is 64.7 Å². The summed E-state index contributed by atoms with van der Waals surface area (Å²) in [4.78, 5) is 0. The van der Waals surface area contributed by atoms with Crippen LogP contribution in [-0.4, -0.2) is 5.11 Å². The molecule has 0 saturated carbocycles. The van der Waals surface area contributed by atoms with Crippen LogP contribution in [0.25, 0.3) is 0 Å². The molecule has 116 valence electrons. The minimum atomic E-state index is 0.187. The van der Waals surface area contributed by atoms with Crippen LogP contribution in [0.1, 0.15) is 30.5 Å². The van der Waals surface area contributed by atoms with Crippen LogP contribution in [0.15, 0.2) is 46.9 Å². The largest absolute Gasteiger partial charge is 0.356 e. The molecule has 0 aliphatic heterocycles. The maximum atomic E-state index is 6.09. The number of hydrogen-bond acceptors (Lipinski definition) is 1. The zero-order chi connectivity index (χ0) is 16.1. The lowest BCUT2D eigenvalue weighted by Crippen LogP contribution is -2.32. The number of nitrogens with one attached hydrogen (secondary N) is 2. The van der Waals surface area contributed by atoms with E-state index in [1.54, 1.807) is 0 Å². The van der Waals surface area contributed by atoms with Crippen LogP contribution in [0.3, 0.4) is 0 Å². The molecule has 0 aliphatic carbocycles. The summed E-state index contributed by atoms with van der Waals surface area (Å²) >= 11 is 14.9. The van der Waals surface area contributed by atoms with Crippen molar-refractivity contribution in [1.82, 2.24) is 5.32 Å². The molecule has 0 aromatic heterocycles. The Labute approximate surface area is 150 Å². The zero-order valence-corrected chi connectivity index (χ0v) is 15.6. The summed E-state index contributed by atoms with van der Waals surface area (Å²) in [7, 11) is 0. The maximum absolute atomic E-state index is 6.09. The third-order valence-corrected chi connectivity index (χ3v) is 4.82. The lowest BCUT2D eigenvalue weighted by Gasteiger charge is -2.20. The minimum Gasteiger partial charge on any atom is -0.356 e. The summed E-state index contributed by atoms with van der Waals surface area (Å²) in [5.41, 5.74) is 3.35. The molecule has 2 aromatic rings. The second-order valence-corrected chi connectivity index (χ2v) is 6.77. The topological polar surface area (TPSA) is 24.1 Å². The van der Waals surface area contributed by atoms with Gasteiger partial charge in [-0.1, -0.05) is 48.4 Å². The van der Waals surface area contributed by atoms with Gasteiger partial charge in [-0.15, -0.1) is 0 Å². The Hall–Kier alpha value is -1.10. The van der Waals surface area contributed by atoms with Gasteiger partial charge in [0.2, 0.25) is 0 Å². The molecular formula is C17H18BrClN2S. The summed E-state index contributed by atoms with van der Waals surface area (Å²) < 4.78 is 0.865. The van der Waals surface area contributed by atoms with Gasteiger partial charge >= 0.3 is 0 Å². The van der Waals surface area contributed by atoms with E-state index in [9.17, 15) is 0 Å². The van der Waals surface area contributed by atoms with Crippen LogP contribution in [-0.2, 0) is 0 Å². The minimum absolute atomic E-state index is 0.187. The molecule has 0 bridgehead atoms. The van der Waals surface area contributed by atoms with Gasteiger partial charge in [0.25, 0.3) is 0 Å². The number of halogens is 2. The van der Waals surface area contributed by atoms with Gasteiger partial charge < -0.3 is 10.6 Å². The Balaban J connectivity index is 2.02. The summed E-state index contributed by atoms with van der Waals surface area (Å²) in [5.74, 6) is 0. The van der Waals surface area contributed by atoms with Gasteiger partial charge in [-0.25, -0.2) is 0 Å². The predicted octanol–water partition coefficient (Wildman–Crippen LogP) is 5.85. The molecule has 22 heavy (non-hydrogen) atoms. The molecule has 0 fully saturated rings. The first-order chi connectivity index (χ1) is 10.5. The molecule has 0 radical (unpaired) electrons. The average Bonchev–Trinajstić information content (AvgIpc) is 2.49. The molecule has 0 aliphatic rings. The lowest BCUT2D eigenvalue weighted by atomic mass is 10.0. The highest BCUT2D eigenvalue weighted by Crippen LogP contribution is 2.25. The predicted molar refractivity (Wildman–Crippen MR) is 103 cm³/mol. The summed E-state index contributed by atoms with van der Waals surface area (Å²) in [6.07, 6.45) is 0.950. The second-order valence-electron chi connectivity index (χ2n) is 5.10. The lowest BCUT2D eigenvalue weighted by molar-refractivity contribution is 0.629. The van der Waals surface area contributed by atoms with Crippen molar-refractivity contribution in [1.29, 1.82) is 0 Å². The highest BCUT2D eigenvalue weighted by molar-refractivity contribution is 9.10. The van der Waals surface area contributed by atoms with E-state index < -0.39 is 0 Å². The summed E-state index contributed by atoms with van der Waals surface area (Å²) in [6, 6.07) is 14.3. The van der Waals surface area contributed by atoms with Crippen molar-refractivity contribution in [3.63, 3.8) is 0 Å². The van der Waals surface area contributed by atoms with E-state index in [0.717, 1.165) is 16.6 Å². The molecule has 5 heteroatoms. The van der Waals surface area contributed by atoms with Gasteiger partial charge in [0.15, 0.2) is 5.11 Å². The van der Waals surface area contributed by atoms with Crippen LogP contribution >= 0.6 is 39.7 Å². The van der Waals surface area contributed by atoms with Gasteiger partial charge in [0.05, 0.1) is 11.1 Å². The molecule has 0 heterocycles. The SMILES string of the molecule is CCC(NC(=S)Nc1ccc(Br)c(Cl)c1)c1ccc(C)cc1. The van der Waals surface area contributed by atoms with E-state index in [-0.39, 0.29) is 6.04 Å². The van der Waals surface area contributed by atoms with Crippen LogP contribution in [0, 0.1) is 6.92 Å². The Bertz CT molecular complexity index is 658. The van der Waals surface area contributed by atoms with Crippen LogP contribution in [0.5, 0.6) is 0 Å². The fourth-order valence-electron chi connectivity index (χ4n) is 2.12. The average molecular weight is 398 g/mol. The number of anilines is 1. The van der Waals surface area contributed by atoms with Crippen molar-refractivity contribution in [3.05, 3.63) is 63.1 Å². The summed E-state index contributed by atoms with van der Waals surface area (Å²) in [5, 5.41) is 7.76. The third kappa shape index (κ3) is 4.70. The normalized spacial score (nSPS) is 11.8. The van der Waals surface area contributed by atoms with Crippen molar-refractivity contribution in [2.45, 2.75) is 26.3 Å². The fourth-order valence-corrected chi connectivity index (χ4v) is 2.81. The number of rotatable bonds is 4. The van der Waals surface area contributed by atoms with Gasteiger partial charge in [0, 0.05) is 10.2 Å². The molecule has 2 nitrogen and oxygen atoms in total. The second kappa shape index (κ2) is 7.95. The van der Waals surface area contributed by atoms with Gasteiger partial charge in [-0.3, -0.25) is 0 Å². The highest BCUT2D eigenvalue weighted by atomic mass is 79.9. The van der Waals surface area contributed by atoms with Crippen molar-refractivity contribution in [2.24, 2.45) is 0 Å². The molecule has 1 unspecified atom stereocenters. The van der Waals surface area contributed by atoms with Crippen LogP contribution in [0.2, 0.25) is 5.02 Å². The number of aryl methyl sites for hydroxylation is 1. The van der Waals surface area contributed by atoms with Crippen molar-refractivity contribution >= 4 is 50.5 Å². The van der Waals surface area contributed by atoms with Crippen LogP contribution in [0.4, 0.5) is 5.69 Å². The first-order valence-corrected chi connectivity index (χ1v) is 8.66. The van der Waals surface area contributed by atoms with E-state index in [1.165, 1.54) is 11.1 Å². The van der Waals surface area contributed by atoms with E-state index in [0.29, 0.717) is 10.1 Å². The maximum Gasteiger partial charge on any atom is 0.171 e. The zero-order valence-electron chi connectivity index (χ0n) is 12.5. The van der Waals surface area contributed by atoms with E-state index in [4.69, 9.17) is 23.8 Å². The highest BCUT2D eigenvalue weighted by Gasteiger charge is 2.10. The number of benzene rings is 2. The Morgan fingerprint density at radius 3 is 2.50 bits per heavy atom. The van der Waals surface area contributed by atoms with Crippen molar-refractivity contribution in [3.8, 4) is 0 Å². The molecular weight excluding hydrogens is 380 g/mol. The van der Waals surface area contributed by atoms with Crippen LogP contribution < -0.4 is 10.6 Å². The molecule has 2 aromatic carbocycles.